The Morgan fingerprint density at radius 3 is 2.25 bits per heavy atom. The molecule has 2 aromatic carbocycles. The van der Waals surface area contributed by atoms with Crippen molar-refractivity contribution >= 4 is 0 Å². The van der Waals surface area contributed by atoms with E-state index >= 15 is 0 Å². The van der Waals surface area contributed by atoms with Crippen LogP contribution in [0.15, 0.2) is 47.5 Å². The maximum absolute atomic E-state index is 14.3. The molecule has 3 aromatic rings. The molecule has 0 spiro atoms. The van der Waals surface area contributed by atoms with Gasteiger partial charge in [0.05, 0.1) is 32.7 Å². The fourth-order valence-electron chi connectivity index (χ4n) is 3.17. The first kappa shape index (κ1) is 26.4. The molecule has 7 nitrogen and oxygen atoms in total. The third kappa shape index (κ3) is 5.22. The standard InChI is InChI=1S/C23H17F6N3O4/c1-34-15-5-3-12(4-6-15)10-32-11-31-19(23(28,29)22(26)27)18(21(32)33)36-16-8-13(20(24)25)7-14(9-30)17(16)35-2/h3-8,11,20,22H,10H2,1-2H3. The van der Waals surface area contributed by atoms with E-state index in [2.05, 4.69) is 4.98 Å². The highest BCUT2D eigenvalue weighted by Gasteiger charge is 2.48. The highest BCUT2D eigenvalue weighted by Crippen LogP contribution is 2.42. The highest BCUT2D eigenvalue weighted by atomic mass is 19.3. The van der Waals surface area contributed by atoms with E-state index in [-0.39, 0.29) is 6.54 Å². The minimum atomic E-state index is -4.93. The zero-order chi connectivity index (χ0) is 26.6. The Morgan fingerprint density at radius 1 is 1.06 bits per heavy atom. The number of alkyl halides is 6. The number of aromatic nitrogens is 2. The summed E-state index contributed by atoms with van der Waals surface area (Å²) in [4.78, 5) is 16.4. The fourth-order valence-corrected chi connectivity index (χ4v) is 3.17. The van der Waals surface area contributed by atoms with Gasteiger partial charge in [-0.2, -0.15) is 14.0 Å². The summed E-state index contributed by atoms with van der Waals surface area (Å²) in [6.07, 6.45) is -6.75. The van der Waals surface area contributed by atoms with Crippen molar-refractivity contribution in [2.75, 3.05) is 14.2 Å². The van der Waals surface area contributed by atoms with E-state index in [9.17, 15) is 36.4 Å². The van der Waals surface area contributed by atoms with E-state index in [1.54, 1.807) is 30.3 Å². The summed E-state index contributed by atoms with van der Waals surface area (Å²) < 4.78 is 97.7. The molecule has 0 saturated heterocycles. The molecule has 0 amide bonds. The maximum atomic E-state index is 14.3. The van der Waals surface area contributed by atoms with E-state index in [0.717, 1.165) is 17.7 Å². The van der Waals surface area contributed by atoms with Crippen LogP contribution in [-0.4, -0.2) is 30.2 Å². The van der Waals surface area contributed by atoms with Crippen LogP contribution in [0.3, 0.4) is 0 Å². The fraction of sp³-hybridized carbons (Fsp3) is 0.261. The number of halogens is 6. The summed E-state index contributed by atoms with van der Waals surface area (Å²) >= 11 is 0. The largest absolute Gasteiger partial charge is 0.497 e. The van der Waals surface area contributed by atoms with Crippen LogP contribution in [0.4, 0.5) is 26.3 Å². The lowest BCUT2D eigenvalue weighted by molar-refractivity contribution is -0.139. The Morgan fingerprint density at radius 2 is 1.72 bits per heavy atom. The van der Waals surface area contributed by atoms with Crippen molar-refractivity contribution in [1.29, 1.82) is 5.26 Å². The Bertz CT molecular complexity index is 1340. The van der Waals surface area contributed by atoms with E-state index < -0.39 is 58.4 Å². The molecule has 0 unspecified atom stereocenters. The molecule has 0 fully saturated rings. The summed E-state index contributed by atoms with van der Waals surface area (Å²) in [6.45, 7) is -0.232. The molecule has 0 N–H and O–H groups in total. The molecule has 1 heterocycles. The van der Waals surface area contributed by atoms with Crippen LogP contribution in [-0.2, 0) is 12.5 Å². The van der Waals surface area contributed by atoms with Gasteiger partial charge in [-0.3, -0.25) is 9.36 Å². The van der Waals surface area contributed by atoms with Gasteiger partial charge in [0.2, 0.25) is 5.75 Å². The van der Waals surface area contributed by atoms with Gasteiger partial charge in [-0.25, -0.2) is 22.5 Å². The number of hydrogen-bond donors (Lipinski definition) is 0. The molecular weight excluding hydrogens is 496 g/mol. The Kier molecular flexibility index (Phi) is 7.77. The number of hydrogen-bond acceptors (Lipinski definition) is 6. The van der Waals surface area contributed by atoms with E-state index in [4.69, 9.17) is 14.2 Å². The summed E-state index contributed by atoms with van der Waals surface area (Å²) in [5.41, 5.74) is -3.75. The molecule has 0 saturated carbocycles. The Hall–Kier alpha value is -4.21. The van der Waals surface area contributed by atoms with Gasteiger partial charge in [-0.15, -0.1) is 0 Å². The molecule has 0 radical (unpaired) electrons. The van der Waals surface area contributed by atoms with E-state index in [0.29, 0.717) is 23.7 Å². The van der Waals surface area contributed by atoms with Gasteiger partial charge in [-0.1, -0.05) is 12.1 Å². The molecule has 0 atom stereocenters. The quantitative estimate of drug-likeness (QED) is 0.363. The summed E-state index contributed by atoms with van der Waals surface area (Å²) in [5.74, 6) is -6.99. The van der Waals surface area contributed by atoms with Gasteiger partial charge < -0.3 is 14.2 Å². The predicted octanol–water partition coefficient (Wildman–Crippen LogP) is 5.27. The minimum Gasteiger partial charge on any atom is -0.497 e. The first-order valence-electron chi connectivity index (χ1n) is 10.00. The van der Waals surface area contributed by atoms with Crippen LogP contribution in [0.1, 0.15) is 28.8 Å². The molecule has 36 heavy (non-hydrogen) atoms. The van der Waals surface area contributed by atoms with Gasteiger partial charge in [0, 0.05) is 5.56 Å². The van der Waals surface area contributed by atoms with Gasteiger partial charge in [-0.05, 0) is 29.8 Å². The van der Waals surface area contributed by atoms with Crippen LogP contribution in [0.5, 0.6) is 23.0 Å². The third-order valence-corrected chi connectivity index (χ3v) is 4.96. The number of ether oxygens (including phenoxy) is 3. The average Bonchev–Trinajstić information content (AvgIpc) is 2.85. The lowest BCUT2D eigenvalue weighted by Crippen LogP contribution is -2.31. The summed E-state index contributed by atoms with van der Waals surface area (Å²) in [7, 11) is 2.47. The number of rotatable bonds is 9. The van der Waals surface area contributed by atoms with Crippen molar-refractivity contribution in [3.05, 3.63) is 75.5 Å². The van der Waals surface area contributed by atoms with Crippen molar-refractivity contribution in [1.82, 2.24) is 9.55 Å². The van der Waals surface area contributed by atoms with Gasteiger partial charge >= 0.3 is 12.3 Å². The maximum Gasteiger partial charge on any atom is 0.352 e. The summed E-state index contributed by atoms with van der Waals surface area (Å²) in [6, 6.07) is 9.25. The normalized spacial score (nSPS) is 11.5. The van der Waals surface area contributed by atoms with Crippen molar-refractivity contribution in [3.63, 3.8) is 0 Å². The second kappa shape index (κ2) is 10.6. The van der Waals surface area contributed by atoms with Crippen LogP contribution in [0, 0.1) is 11.3 Å². The zero-order valence-corrected chi connectivity index (χ0v) is 18.6. The van der Waals surface area contributed by atoms with E-state index in [1.807, 2.05) is 0 Å². The van der Waals surface area contributed by atoms with Crippen molar-refractivity contribution in [2.45, 2.75) is 25.3 Å². The van der Waals surface area contributed by atoms with E-state index in [1.165, 1.54) is 7.11 Å². The summed E-state index contributed by atoms with van der Waals surface area (Å²) in [5, 5.41) is 9.27. The predicted molar refractivity (Wildman–Crippen MR) is 113 cm³/mol. The van der Waals surface area contributed by atoms with Crippen molar-refractivity contribution in [2.24, 2.45) is 0 Å². The molecule has 0 aliphatic carbocycles. The molecule has 3 rings (SSSR count). The number of methoxy groups -OCH3 is 2. The minimum absolute atomic E-state index is 0.232. The van der Waals surface area contributed by atoms with Crippen LogP contribution >= 0.6 is 0 Å². The number of nitrogens with zero attached hydrogens (tertiary/aromatic N) is 3. The highest BCUT2D eigenvalue weighted by molar-refractivity contribution is 5.56. The molecule has 0 aliphatic heterocycles. The zero-order valence-electron chi connectivity index (χ0n) is 18.6. The molecular formula is C23H17F6N3O4. The number of nitriles is 1. The van der Waals surface area contributed by atoms with Crippen LogP contribution in [0.2, 0.25) is 0 Å². The molecule has 13 heteroatoms. The molecule has 1 aromatic heterocycles. The SMILES string of the molecule is COc1ccc(Cn2cnc(C(F)(F)C(F)F)c(Oc3cc(C(F)F)cc(C#N)c3OC)c2=O)cc1. The smallest absolute Gasteiger partial charge is 0.352 e. The molecule has 0 aliphatic rings. The Labute approximate surface area is 200 Å². The van der Waals surface area contributed by atoms with Gasteiger partial charge in [0.25, 0.3) is 12.0 Å². The topological polar surface area (TPSA) is 86.4 Å². The molecule has 190 valence electrons. The second-order valence-corrected chi connectivity index (χ2v) is 7.24. The monoisotopic (exact) mass is 513 g/mol. The van der Waals surface area contributed by atoms with Crippen molar-refractivity contribution in [3.8, 4) is 29.1 Å². The lowest BCUT2D eigenvalue weighted by Gasteiger charge is -2.20. The third-order valence-electron chi connectivity index (χ3n) is 4.96. The van der Waals surface area contributed by atoms with Crippen molar-refractivity contribution < 1.29 is 40.6 Å². The van der Waals surface area contributed by atoms with Crippen LogP contribution < -0.4 is 19.8 Å². The average molecular weight is 513 g/mol. The lowest BCUT2D eigenvalue weighted by atomic mass is 10.1. The van der Waals surface area contributed by atoms with Gasteiger partial charge in [0.1, 0.15) is 11.8 Å². The first-order chi connectivity index (χ1) is 17.0. The van der Waals surface area contributed by atoms with Gasteiger partial charge in [0.15, 0.2) is 17.2 Å². The molecule has 0 bridgehead atoms. The Balaban J connectivity index is 2.20. The second-order valence-electron chi connectivity index (χ2n) is 7.24. The van der Waals surface area contributed by atoms with Crippen LogP contribution in [0.25, 0.3) is 0 Å². The first-order valence-corrected chi connectivity index (χ1v) is 10.00. The number of benzene rings is 2.